The normalized spacial score (nSPS) is 14.5. The van der Waals surface area contributed by atoms with E-state index >= 15 is 0 Å². The molecule has 0 fully saturated rings. The van der Waals surface area contributed by atoms with Gasteiger partial charge in [0.1, 0.15) is 0 Å². The molecule has 0 unspecified atom stereocenters. The number of hydrogen-bond acceptors (Lipinski definition) is 4. The Morgan fingerprint density at radius 3 is 2.62 bits per heavy atom. The fourth-order valence-corrected chi connectivity index (χ4v) is 2.84. The van der Waals surface area contributed by atoms with E-state index in [0.29, 0.717) is 0 Å². The van der Waals surface area contributed by atoms with Crippen LogP contribution in [0.4, 0.5) is 10.1 Å². The van der Waals surface area contributed by atoms with Crippen LogP contribution < -0.4 is 4.74 Å². The Bertz CT molecular complexity index is 831. The minimum absolute atomic E-state index is 0.0308. The topological polar surface area (TPSA) is 55.6 Å². The number of aryl methyl sites for hydroxylation is 1. The molecule has 0 spiro atoms. The van der Waals surface area contributed by atoms with Crippen LogP contribution in [0, 0.1) is 15.9 Å². The smallest absolute Gasteiger partial charge is 0.311 e. The third-order valence-corrected chi connectivity index (χ3v) is 3.86. The number of nitro benzene ring substituents is 1. The molecule has 0 atom stereocenters. The summed E-state index contributed by atoms with van der Waals surface area (Å²) in [5, 5.41) is 11.4. The Morgan fingerprint density at radius 1 is 1.21 bits per heavy atom. The molecule has 0 bridgehead atoms. The first-order valence-electron chi connectivity index (χ1n) is 7.57. The van der Waals surface area contributed by atoms with Crippen LogP contribution in [-0.2, 0) is 6.42 Å². The number of fused-ring (bicyclic) bond motifs is 1. The van der Waals surface area contributed by atoms with Gasteiger partial charge in [-0.05, 0) is 47.7 Å². The summed E-state index contributed by atoms with van der Waals surface area (Å²) < 4.78 is 19.3. The highest BCUT2D eigenvalue weighted by Crippen LogP contribution is 2.41. The van der Waals surface area contributed by atoms with Crippen molar-refractivity contribution in [1.29, 1.82) is 0 Å². The highest BCUT2D eigenvalue weighted by atomic mass is 19.1. The van der Waals surface area contributed by atoms with Crippen molar-refractivity contribution in [3.8, 4) is 11.5 Å². The molecule has 3 rings (SSSR count). The van der Waals surface area contributed by atoms with Crippen molar-refractivity contribution in [2.45, 2.75) is 12.8 Å². The maximum atomic E-state index is 13.8. The van der Waals surface area contributed by atoms with Crippen LogP contribution in [0.1, 0.15) is 17.5 Å². The molecule has 1 aliphatic carbocycles. The van der Waals surface area contributed by atoms with Crippen molar-refractivity contribution >= 4 is 11.3 Å². The van der Waals surface area contributed by atoms with Gasteiger partial charge in [-0.3, -0.25) is 10.1 Å². The lowest BCUT2D eigenvalue weighted by Crippen LogP contribution is -2.02. The number of ether oxygens (including phenoxy) is 1. The third kappa shape index (κ3) is 3.08. The summed E-state index contributed by atoms with van der Waals surface area (Å²) in [6, 6.07) is 9.03. The van der Waals surface area contributed by atoms with E-state index in [1.165, 1.54) is 24.3 Å². The number of hydrogen-bond donors (Lipinski definition) is 0. The zero-order valence-corrected chi connectivity index (χ0v) is 13.5. The molecule has 0 saturated heterocycles. The van der Waals surface area contributed by atoms with E-state index in [1.54, 1.807) is 12.1 Å². The fourth-order valence-electron chi connectivity index (χ4n) is 2.84. The first-order chi connectivity index (χ1) is 11.5. The first kappa shape index (κ1) is 16.0. The van der Waals surface area contributed by atoms with Crippen LogP contribution >= 0.6 is 0 Å². The van der Waals surface area contributed by atoms with E-state index in [-0.39, 0.29) is 17.2 Å². The number of para-hydroxylation sites is 1. The summed E-state index contributed by atoms with van der Waals surface area (Å²) in [4.78, 5) is 12.8. The number of rotatable bonds is 4. The molecule has 0 aliphatic heterocycles. The van der Waals surface area contributed by atoms with E-state index in [9.17, 15) is 14.5 Å². The maximum Gasteiger partial charge on any atom is 0.311 e. The van der Waals surface area contributed by atoms with E-state index in [0.717, 1.165) is 29.5 Å². The summed E-state index contributed by atoms with van der Waals surface area (Å²) in [6.07, 6.45) is 3.55. The number of halogens is 1. The Labute approximate surface area is 139 Å². The van der Waals surface area contributed by atoms with Crippen LogP contribution in [0.2, 0.25) is 0 Å². The lowest BCUT2D eigenvalue weighted by molar-refractivity contribution is -0.385. The molecule has 124 valence electrons. The van der Waals surface area contributed by atoms with Gasteiger partial charge in [0.2, 0.25) is 5.75 Å². The van der Waals surface area contributed by atoms with Crippen molar-refractivity contribution < 1.29 is 14.1 Å². The first-order valence-corrected chi connectivity index (χ1v) is 7.57. The zero-order valence-electron chi connectivity index (χ0n) is 13.5. The van der Waals surface area contributed by atoms with Crippen molar-refractivity contribution in [2.75, 3.05) is 14.1 Å². The van der Waals surface area contributed by atoms with Crippen molar-refractivity contribution in [3.05, 3.63) is 69.7 Å². The predicted octanol–water partition coefficient (Wildman–Crippen LogP) is 4.37. The highest BCUT2D eigenvalue weighted by Gasteiger charge is 2.25. The Balaban J connectivity index is 2.08. The lowest BCUT2D eigenvalue weighted by Gasteiger charge is -2.11. The number of nitro groups is 1. The average Bonchev–Trinajstić information content (AvgIpc) is 2.90. The average molecular weight is 328 g/mol. The molecule has 2 aromatic carbocycles. The van der Waals surface area contributed by atoms with Gasteiger partial charge >= 0.3 is 5.69 Å². The monoisotopic (exact) mass is 328 g/mol. The molecule has 0 N–H and O–H groups in total. The molecule has 6 heteroatoms. The Morgan fingerprint density at radius 2 is 1.96 bits per heavy atom. The van der Waals surface area contributed by atoms with Gasteiger partial charge in [-0.15, -0.1) is 0 Å². The third-order valence-electron chi connectivity index (χ3n) is 3.86. The van der Waals surface area contributed by atoms with Crippen LogP contribution in [-0.4, -0.2) is 23.9 Å². The number of nitrogens with zero attached hydrogens (tertiary/aromatic N) is 2. The minimum Gasteiger partial charge on any atom is -0.447 e. The van der Waals surface area contributed by atoms with Crippen LogP contribution in [0.5, 0.6) is 11.5 Å². The summed E-state index contributed by atoms with van der Waals surface area (Å²) in [5.41, 5.74) is 2.77. The van der Waals surface area contributed by atoms with Gasteiger partial charge in [-0.25, -0.2) is 4.39 Å². The van der Waals surface area contributed by atoms with Gasteiger partial charge in [0.15, 0.2) is 11.6 Å². The summed E-state index contributed by atoms with van der Waals surface area (Å²) >= 11 is 0. The molecule has 0 amide bonds. The summed E-state index contributed by atoms with van der Waals surface area (Å²) in [5.74, 6) is -0.538. The van der Waals surface area contributed by atoms with E-state index < -0.39 is 10.7 Å². The molecule has 0 saturated carbocycles. The Hall–Kier alpha value is -2.89. The quantitative estimate of drug-likeness (QED) is 0.617. The molecule has 0 heterocycles. The van der Waals surface area contributed by atoms with Crippen molar-refractivity contribution in [3.63, 3.8) is 0 Å². The predicted molar refractivity (Wildman–Crippen MR) is 89.6 cm³/mol. The van der Waals surface area contributed by atoms with Crippen LogP contribution in [0.3, 0.4) is 0 Å². The van der Waals surface area contributed by atoms with Gasteiger partial charge < -0.3 is 9.64 Å². The van der Waals surface area contributed by atoms with Crippen LogP contribution in [0.25, 0.3) is 5.57 Å². The molecule has 24 heavy (non-hydrogen) atoms. The second-order valence-corrected chi connectivity index (χ2v) is 5.88. The summed E-state index contributed by atoms with van der Waals surface area (Å²) in [7, 11) is 3.85. The largest absolute Gasteiger partial charge is 0.447 e. The maximum absolute atomic E-state index is 13.8. The molecular formula is C18H17FN2O3. The number of allylic oxidation sites excluding steroid dienone is 1. The standard InChI is InChI=1S/C18H17FN2O3/c1-20(2)11-13-8-7-12-9-16(21(22)23)18(10-14(12)13)24-17-6-4-3-5-15(17)19/h3-6,9-11H,7-8H2,1-2H3. The summed E-state index contributed by atoms with van der Waals surface area (Å²) in [6.45, 7) is 0. The molecule has 5 nitrogen and oxygen atoms in total. The fraction of sp³-hybridized carbons (Fsp3) is 0.222. The Kier molecular flexibility index (Phi) is 4.20. The second kappa shape index (κ2) is 6.31. The van der Waals surface area contributed by atoms with Gasteiger partial charge in [0.05, 0.1) is 4.92 Å². The second-order valence-electron chi connectivity index (χ2n) is 5.88. The number of benzene rings is 2. The lowest BCUT2D eigenvalue weighted by atomic mass is 10.1. The molecule has 1 aliphatic rings. The van der Waals surface area contributed by atoms with Gasteiger partial charge in [0.25, 0.3) is 0 Å². The molecule has 0 aromatic heterocycles. The highest BCUT2D eigenvalue weighted by molar-refractivity contribution is 5.76. The van der Waals surface area contributed by atoms with Crippen molar-refractivity contribution in [1.82, 2.24) is 4.90 Å². The molecular weight excluding hydrogens is 311 g/mol. The molecule has 2 aromatic rings. The zero-order chi connectivity index (χ0) is 17.3. The minimum atomic E-state index is -0.559. The van der Waals surface area contributed by atoms with E-state index in [1.807, 2.05) is 25.2 Å². The SMILES string of the molecule is CN(C)C=C1CCc2cc([N+](=O)[O-])c(Oc3ccccc3F)cc21. The molecule has 0 radical (unpaired) electrons. The van der Waals surface area contributed by atoms with Gasteiger partial charge in [0, 0.05) is 26.4 Å². The van der Waals surface area contributed by atoms with Gasteiger partial charge in [-0.1, -0.05) is 12.1 Å². The van der Waals surface area contributed by atoms with Crippen molar-refractivity contribution in [2.24, 2.45) is 0 Å². The van der Waals surface area contributed by atoms with Gasteiger partial charge in [-0.2, -0.15) is 0 Å². The van der Waals surface area contributed by atoms with E-state index in [2.05, 4.69) is 0 Å². The van der Waals surface area contributed by atoms with E-state index in [4.69, 9.17) is 4.74 Å². The van der Waals surface area contributed by atoms with Crippen LogP contribution in [0.15, 0.2) is 42.6 Å².